The van der Waals surface area contributed by atoms with E-state index in [1.54, 1.807) is 24.5 Å². The van der Waals surface area contributed by atoms with Crippen LogP contribution in [0.15, 0.2) is 41.5 Å². The molecule has 4 rings (SSSR count). The monoisotopic (exact) mass is 452 g/mol. The van der Waals surface area contributed by atoms with Gasteiger partial charge in [-0.2, -0.15) is 4.98 Å². The molecule has 33 heavy (non-hydrogen) atoms. The molecule has 0 spiro atoms. The predicted octanol–water partition coefficient (Wildman–Crippen LogP) is 1.82. The van der Waals surface area contributed by atoms with E-state index in [0.29, 0.717) is 43.0 Å². The van der Waals surface area contributed by atoms with E-state index >= 15 is 0 Å². The van der Waals surface area contributed by atoms with Gasteiger partial charge in [0.2, 0.25) is 5.91 Å². The molecule has 0 atom stereocenters. The molecule has 176 valence electrons. The van der Waals surface area contributed by atoms with E-state index in [9.17, 15) is 9.59 Å². The van der Waals surface area contributed by atoms with Gasteiger partial charge >= 0.3 is 6.01 Å². The van der Waals surface area contributed by atoms with Crippen LogP contribution in [-0.2, 0) is 4.79 Å². The molecule has 1 saturated heterocycles. The van der Waals surface area contributed by atoms with Crippen LogP contribution in [0.1, 0.15) is 26.7 Å². The van der Waals surface area contributed by atoms with Crippen LogP contribution >= 0.6 is 0 Å². The zero-order valence-corrected chi connectivity index (χ0v) is 19.5. The molecule has 2 fully saturated rings. The second-order valence-electron chi connectivity index (χ2n) is 8.99. The molecule has 1 aliphatic heterocycles. The minimum absolute atomic E-state index is 0.0129. The van der Waals surface area contributed by atoms with Gasteiger partial charge in [-0.3, -0.25) is 9.59 Å². The third kappa shape index (κ3) is 5.78. The predicted molar refractivity (Wildman–Crippen MR) is 127 cm³/mol. The van der Waals surface area contributed by atoms with E-state index in [-0.39, 0.29) is 23.5 Å². The van der Waals surface area contributed by atoms with Gasteiger partial charge in [0, 0.05) is 56.3 Å². The smallest absolute Gasteiger partial charge is 0.316 e. The second kappa shape index (κ2) is 10.2. The lowest BCUT2D eigenvalue weighted by Gasteiger charge is -2.46. The number of nitrogens with zero attached hydrogens (tertiary/aromatic N) is 4. The van der Waals surface area contributed by atoms with Crippen molar-refractivity contribution in [1.82, 2.24) is 25.2 Å². The minimum Gasteiger partial charge on any atom is -0.467 e. The molecule has 2 aromatic heterocycles. The van der Waals surface area contributed by atoms with Gasteiger partial charge in [-0.15, -0.1) is 0 Å². The van der Waals surface area contributed by atoms with Crippen LogP contribution in [0.2, 0.25) is 0 Å². The van der Waals surface area contributed by atoms with Crippen LogP contribution in [0.25, 0.3) is 11.3 Å². The molecule has 0 bridgehead atoms. The van der Waals surface area contributed by atoms with Crippen LogP contribution in [0.3, 0.4) is 0 Å². The number of nitrogens with one attached hydrogen (secondary N) is 2. The molecule has 2 N–H and O–H groups in total. The number of aromatic amines is 1. The van der Waals surface area contributed by atoms with Crippen molar-refractivity contribution in [2.75, 3.05) is 38.2 Å². The van der Waals surface area contributed by atoms with Crippen LogP contribution in [0, 0.1) is 5.92 Å². The second-order valence-corrected chi connectivity index (χ2v) is 8.99. The largest absolute Gasteiger partial charge is 0.467 e. The zero-order valence-electron chi connectivity index (χ0n) is 19.5. The number of pyridine rings is 1. The Balaban J connectivity index is 1.48. The Hall–Kier alpha value is -3.20. The lowest BCUT2D eigenvalue weighted by Crippen LogP contribution is -2.62. The van der Waals surface area contributed by atoms with Gasteiger partial charge in [0.15, 0.2) is 0 Å². The minimum atomic E-state index is -0.134. The van der Waals surface area contributed by atoms with Gasteiger partial charge < -0.3 is 24.8 Å². The Bertz CT molecular complexity index is 1060. The summed E-state index contributed by atoms with van der Waals surface area (Å²) >= 11 is 0. The zero-order chi connectivity index (χ0) is 23.4. The van der Waals surface area contributed by atoms with Crippen molar-refractivity contribution in [3.8, 4) is 17.3 Å². The molecule has 9 heteroatoms. The number of rotatable bonds is 10. The van der Waals surface area contributed by atoms with Gasteiger partial charge in [0.05, 0.1) is 18.8 Å². The molecule has 0 unspecified atom stereocenters. The van der Waals surface area contributed by atoms with Gasteiger partial charge in [0.1, 0.15) is 5.69 Å². The highest BCUT2D eigenvalue weighted by molar-refractivity contribution is 5.88. The first-order chi connectivity index (χ1) is 15.9. The summed E-state index contributed by atoms with van der Waals surface area (Å²) in [6.07, 6.45) is 9.15. The molecule has 3 heterocycles. The first-order valence-corrected chi connectivity index (χ1v) is 11.5. The fourth-order valence-electron chi connectivity index (χ4n) is 3.86. The van der Waals surface area contributed by atoms with Gasteiger partial charge in [-0.05, 0) is 30.9 Å². The Labute approximate surface area is 193 Å². The number of carbonyl (C=O) groups excluding carboxylic acids is 1. The number of anilines is 1. The molecule has 0 radical (unpaired) electrons. The van der Waals surface area contributed by atoms with Crippen LogP contribution in [0.4, 0.5) is 5.69 Å². The van der Waals surface area contributed by atoms with E-state index in [1.165, 1.54) is 20.0 Å². The van der Waals surface area contributed by atoms with E-state index in [1.807, 2.05) is 17.0 Å². The number of likely N-dealkylation sites (tertiary alicyclic amines) is 1. The summed E-state index contributed by atoms with van der Waals surface area (Å²) in [5.74, 6) is 0.609. The average Bonchev–Trinajstić information content (AvgIpc) is 3.59. The standard InChI is InChI=1S/C24H32N6O3/c1-16(2)25-9-4-5-22(31)29-14-19(15-29)30(13-17-6-7-17)21-11-18(12-27-23(21)32)20-8-10-26-24(28-20)33-3/h4-5,8,10-12,16-17,19,25H,6-7,9,13-15H2,1-3H3,(H,27,32). The van der Waals surface area contributed by atoms with Crippen molar-refractivity contribution in [2.24, 2.45) is 5.92 Å². The van der Waals surface area contributed by atoms with Crippen LogP contribution in [-0.4, -0.2) is 71.1 Å². The number of hydrogen-bond donors (Lipinski definition) is 2. The van der Waals surface area contributed by atoms with Crippen molar-refractivity contribution < 1.29 is 9.53 Å². The summed E-state index contributed by atoms with van der Waals surface area (Å²) in [6.45, 7) is 6.85. The molecule has 1 amide bonds. The van der Waals surface area contributed by atoms with Crippen molar-refractivity contribution in [2.45, 2.75) is 38.8 Å². The molecule has 2 aliphatic rings. The molecule has 1 saturated carbocycles. The summed E-state index contributed by atoms with van der Waals surface area (Å²) in [5, 5.41) is 3.26. The summed E-state index contributed by atoms with van der Waals surface area (Å²) in [4.78, 5) is 40.6. The van der Waals surface area contributed by atoms with E-state index in [2.05, 4.69) is 39.0 Å². The summed E-state index contributed by atoms with van der Waals surface area (Å²) in [7, 11) is 1.52. The quantitative estimate of drug-likeness (QED) is 0.530. The van der Waals surface area contributed by atoms with Gasteiger partial charge in [0.25, 0.3) is 5.56 Å². The highest BCUT2D eigenvalue weighted by Crippen LogP contribution is 2.33. The van der Waals surface area contributed by atoms with Gasteiger partial charge in [-0.1, -0.05) is 19.9 Å². The number of methoxy groups -OCH3 is 1. The van der Waals surface area contributed by atoms with Crippen molar-refractivity contribution in [1.29, 1.82) is 0 Å². The number of hydrogen-bond acceptors (Lipinski definition) is 7. The first kappa shape index (κ1) is 23.0. The fraction of sp³-hybridized carbons (Fsp3) is 0.500. The Morgan fingerprint density at radius 1 is 1.39 bits per heavy atom. The maximum Gasteiger partial charge on any atom is 0.316 e. The van der Waals surface area contributed by atoms with Crippen LogP contribution in [0.5, 0.6) is 6.01 Å². The third-order valence-electron chi connectivity index (χ3n) is 5.98. The Morgan fingerprint density at radius 3 is 2.88 bits per heavy atom. The van der Waals surface area contributed by atoms with Crippen LogP contribution < -0.4 is 20.5 Å². The molecule has 9 nitrogen and oxygen atoms in total. The average molecular weight is 453 g/mol. The van der Waals surface area contributed by atoms with Gasteiger partial charge in [-0.25, -0.2) is 4.98 Å². The number of aromatic nitrogens is 3. The van der Waals surface area contributed by atoms with E-state index in [0.717, 1.165) is 12.1 Å². The molecule has 0 aromatic carbocycles. The van der Waals surface area contributed by atoms with Crippen molar-refractivity contribution >= 4 is 11.6 Å². The van der Waals surface area contributed by atoms with Crippen molar-refractivity contribution in [3.63, 3.8) is 0 Å². The highest BCUT2D eigenvalue weighted by atomic mass is 16.5. The highest BCUT2D eigenvalue weighted by Gasteiger charge is 2.37. The first-order valence-electron chi connectivity index (χ1n) is 11.5. The summed E-state index contributed by atoms with van der Waals surface area (Å²) < 4.78 is 5.13. The SMILES string of the molecule is COc1nccc(-c2c[nH]c(=O)c(N(CC3CC3)C3CN(C(=O)C=CCNC(C)C)C3)c2)n1. The lowest BCUT2D eigenvalue weighted by molar-refractivity contribution is -0.130. The maximum absolute atomic E-state index is 12.8. The normalized spacial score (nSPS) is 16.3. The molecule has 1 aliphatic carbocycles. The number of H-pyrrole nitrogens is 1. The number of amides is 1. The van der Waals surface area contributed by atoms with Crippen molar-refractivity contribution in [3.05, 3.63) is 47.0 Å². The Morgan fingerprint density at radius 2 is 2.18 bits per heavy atom. The lowest BCUT2D eigenvalue weighted by atomic mass is 10.0. The van der Waals surface area contributed by atoms with E-state index < -0.39 is 0 Å². The topological polar surface area (TPSA) is 103 Å². The van der Waals surface area contributed by atoms with E-state index in [4.69, 9.17) is 4.74 Å². The molecule has 2 aromatic rings. The maximum atomic E-state index is 12.8. The summed E-state index contributed by atoms with van der Waals surface area (Å²) in [6, 6.07) is 4.44. The fourth-order valence-corrected chi connectivity index (χ4v) is 3.86. The number of ether oxygens (including phenoxy) is 1. The molecular formula is C24H32N6O3. The Kier molecular flexibility index (Phi) is 7.08. The number of carbonyl (C=O) groups is 1. The summed E-state index contributed by atoms with van der Waals surface area (Å²) in [5.41, 5.74) is 1.95. The molecular weight excluding hydrogens is 420 g/mol. The third-order valence-corrected chi connectivity index (χ3v) is 5.98.